The van der Waals surface area contributed by atoms with Crippen molar-refractivity contribution in [1.29, 1.82) is 0 Å². The fourth-order valence-electron chi connectivity index (χ4n) is 1.29. The van der Waals surface area contributed by atoms with Gasteiger partial charge in [0.2, 0.25) is 5.91 Å². The van der Waals surface area contributed by atoms with Gasteiger partial charge >= 0.3 is 5.97 Å². The van der Waals surface area contributed by atoms with E-state index in [9.17, 15) is 9.59 Å². The molecule has 0 aliphatic heterocycles. The van der Waals surface area contributed by atoms with Gasteiger partial charge in [-0.15, -0.1) is 0 Å². The summed E-state index contributed by atoms with van der Waals surface area (Å²) in [5.41, 5.74) is 0.0578. The van der Waals surface area contributed by atoms with Gasteiger partial charge < -0.3 is 10.4 Å². The molecule has 0 bridgehead atoms. The molecule has 1 aliphatic rings. The summed E-state index contributed by atoms with van der Waals surface area (Å²) in [4.78, 5) is 21.8. The highest BCUT2D eigenvalue weighted by molar-refractivity contribution is 5.86. The van der Waals surface area contributed by atoms with Crippen LogP contribution in [0.25, 0.3) is 0 Å². The third kappa shape index (κ3) is 2.20. The minimum Gasteiger partial charge on any atom is -0.480 e. The number of carboxylic acid groups (broad SMARTS) is 1. The van der Waals surface area contributed by atoms with Crippen LogP contribution in [0.5, 0.6) is 0 Å². The largest absolute Gasteiger partial charge is 0.480 e. The molecule has 1 rings (SSSR count). The summed E-state index contributed by atoms with van der Waals surface area (Å²) in [5, 5.41) is 11.0. The van der Waals surface area contributed by atoms with Crippen molar-refractivity contribution < 1.29 is 14.7 Å². The minimum absolute atomic E-state index is 0.00528. The van der Waals surface area contributed by atoms with E-state index in [-0.39, 0.29) is 17.2 Å². The highest BCUT2D eigenvalue weighted by Gasteiger charge is 2.50. The van der Waals surface area contributed by atoms with Crippen LogP contribution in [-0.4, -0.2) is 23.0 Å². The molecule has 0 aromatic carbocycles. The lowest BCUT2D eigenvalue weighted by Crippen LogP contribution is -2.39. The first kappa shape index (κ1) is 10.0. The number of nitrogens with one attached hydrogen (secondary N) is 1. The average molecular weight is 185 g/mol. The minimum atomic E-state index is -0.994. The van der Waals surface area contributed by atoms with E-state index in [1.807, 2.05) is 13.8 Å². The Kier molecular flexibility index (Phi) is 2.32. The second-order valence-electron chi connectivity index (χ2n) is 4.31. The molecule has 0 aromatic heterocycles. The van der Waals surface area contributed by atoms with Gasteiger partial charge in [-0.3, -0.25) is 9.59 Å². The Hall–Kier alpha value is -1.06. The van der Waals surface area contributed by atoms with E-state index in [0.29, 0.717) is 0 Å². The predicted molar refractivity (Wildman–Crippen MR) is 47.1 cm³/mol. The third-order valence-electron chi connectivity index (χ3n) is 2.56. The maximum Gasteiger partial charge on any atom is 0.325 e. The van der Waals surface area contributed by atoms with E-state index in [1.165, 1.54) is 6.92 Å². The van der Waals surface area contributed by atoms with Gasteiger partial charge in [0.15, 0.2) is 0 Å². The number of amides is 1. The van der Waals surface area contributed by atoms with Gasteiger partial charge in [0.1, 0.15) is 6.04 Å². The molecule has 0 radical (unpaired) electrons. The third-order valence-corrected chi connectivity index (χ3v) is 2.56. The molecule has 0 aromatic rings. The van der Waals surface area contributed by atoms with Crippen molar-refractivity contribution in [2.75, 3.05) is 0 Å². The first-order valence-electron chi connectivity index (χ1n) is 4.38. The van der Waals surface area contributed by atoms with E-state index in [1.54, 1.807) is 0 Å². The zero-order valence-corrected chi connectivity index (χ0v) is 8.13. The average Bonchev–Trinajstić information content (AvgIpc) is 2.59. The molecule has 1 fully saturated rings. The van der Waals surface area contributed by atoms with E-state index in [0.717, 1.165) is 6.42 Å². The van der Waals surface area contributed by atoms with Gasteiger partial charge in [0.05, 0.1) is 0 Å². The molecule has 0 spiro atoms. The van der Waals surface area contributed by atoms with Crippen molar-refractivity contribution in [2.24, 2.45) is 11.3 Å². The Balaban J connectivity index is 2.40. The van der Waals surface area contributed by atoms with E-state index in [4.69, 9.17) is 5.11 Å². The van der Waals surface area contributed by atoms with Crippen LogP contribution in [0, 0.1) is 11.3 Å². The highest BCUT2D eigenvalue weighted by atomic mass is 16.4. The smallest absolute Gasteiger partial charge is 0.325 e. The molecule has 0 saturated heterocycles. The van der Waals surface area contributed by atoms with E-state index < -0.39 is 12.0 Å². The number of carbonyl (C=O) groups excluding carboxylic acids is 1. The van der Waals surface area contributed by atoms with Crippen LogP contribution in [0.3, 0.4) is 0 Å². The summed E-state index contributed by atoms with van der Waals surface area (Å²) in [6.07, 6.45) is 0.852. The standard InChI is InChI=1S/C9H15NO3/c1-5(8(12)13)10-7(11)6-4-9(6,2)3/h5-6H,4H2,1-3H3,(H,10,11)(H,12,13). The van der Waals surface area contributed by atoms with Crippen LogP contribution >= 0.6 is 0 Å². The lowest BCUT2D eigenvalue weighted by Gasteiger charge is -2.09. The van der Waals surface area contributed by atoms with Gasteiger partial charge in [-0.1, -0.05) is 13.8 Å². The second kappa shape index (κ2) is 3.01. The zero-order chi connectivity index (χ0) is 10.2. The van der Waals surface area contributed by atoms with E-state index >= 15 is 0 Å². The quantitative estimate of drug-likeness (QED) is 0.677. The van der Waals surface area contributed by atoms with Crippen LogP contribution < -0.4 is 5.32 Å². The number of aliphatic carboxylic acids is 1. The van der Waals surface area contributed by atoms with E-state index in [2.05, 4.69) is 5.32 Å². The number of rotatable bonds is 3. The fourth-order valence-corrected chi connectivity index (χ4v) is 1.29. The van der Waals surface area contributed by atoms with Crippen molar-refractivity contribution in [2.45, 2.75) is 33.2 Å². The molecule has 2 unspecified atom stereocenters. The van der Waals surface area contributed by atoms with Crippen molar-refractivity contribution in [3.63, 3.8) is 0 Å². The predicted octanol–water partition coefficient (Wildman–Crippen LogP) is 0.622. The van der Waals surface area contributed by atoms with Gasteiger partial charge in [-0.25, -0.2) is 0 Å². The van der Waals surface area contributed by atoms with Crippen LogP contribution in [0.4, 0.5) is 0 Å². The molecule has 4 nitrogen and oxygen atoms in total. The number of carboxylic acids is 1. The monoisotopic (exact) mass is 185 g/mol. The van der Waals surface area contributed by atoms with Gasteiger partial charge in [-0.2, -0.15) is 0 Å². The van der Waals surface area contributed by atoms with Crippen LogP contribution in [0.15, 0.2) is 0 Å². The molecule has 1 saturated carbocycles. The van der Waals surface area contributed by atoms with Gasteiger partial charge in [-0.05, 0) is 18.8 Å². The Morgan fingerprint density at radius 2 is 2.00 bits per heavy atom. The van der Waals surface area contributed by atoms with Crippen LogP contribution in [-0.2, 0) is 9.59 Å². The molecule has 0 heterocycles. The van der Waals surface area contributed by atoms with Crippen LogP contribution in [0.1, 0.15) is 27.2 Å². The Morgan fingerprint density at radius 3 is 2.31 bits per heavy atom. The summed E-state index contributed by atoms with van der Waals surface area (Å²) in [5.74, 6) is -1.14. The summed E-state index contributed by atoms with van der Waals surface area (Å²) < 4.78 is 0. The Morgan fingerprint density at radius 1 is 1.54 bits per heavy atom. The second-order valence-corrected chi connectivity index (χ2v) is 4.31. The SMILES string of the molecule is CC(NC(=O)C1CC1(C)C)C(=O)O. The summed E-state index contributed by atoms with van der Waals surface area (Å²) >= 11 is 0. The molecule has 1 amide bonds. The van der Waals surface area contributed by atoms with Crippen molar-refractivity contribution in [3.05, 3.63) is 0 Å². The summed E-state index contributed by atoms with van der Waals surface area (Å²) in [6.45, 7) is 5.47. The number of hydrogen-bond donors (Lipinski definition) is 2. The summed E-state index contributed by atoms with van der Waals surface area (Å²) in [6, 6.07) is -0.788. The zero-order valence-electron chi connectivity index (χ0n) is 8.13. The molecular weight excluding hydrogens is 170 g/mol. The molecular formula is C9H15NO3. The normalized spacial score (nSPS) is 26.2. The molecule has 13 heavy (non-hydrogen) atoms. The molecule has 1 aliphatic carbocycles. The number of carbonyl (C=O) groups is 2. The lowest BCUT2D eigenvalue weighted by molar-refractivity contribution is -0.141. The first-order chi connectivity index (χ1) is 5.84. The fraction of sp³-hybridized carbons (Fsp3) is 0.778. The summed E-state index contributed by atoms with van der Waals surface area (Å²) in [7, 11) is 0. The molecule has 2 atom stereocenters. The Bertz CT molecular complexity index is 247. The van der Waals surface area contributed by atoms with Crippen molar-refractivity contribution in [1.82, 2.24) is 5.32 Å². The van der Waals surface area contributed by atoms with Crippen LogP contribution in [0.2, 0.25) is 0 Å². The van der Waals surface area contributed by atoms with Crippen molar-refractivity contribution in [3.8, 4) is 0 Å². The van der Waals surface area contributed by atoms with Gasteiger partial charge in [0, 0.05) is 5.92 Å². The molecule has 4 heteroatoms. The first-order valence-corrected chi connectivity index (χ1v) is 4.38. The number of hydrogen-bond acceptors (Lipinski definition) is 2. The molecule has 74 valence electrons. The lowest BCUT2D eigenvalue weighted by atomic mass is 10.1. The van der Waals surface area contributed by atoms with Gasteiger partial charge in [0.25, 0.3) is 0 Å². The maximum absolute atomic E-state index is 11.4. The molecule has 2 N–H and O–H groups in total. The van der Waals surface area contributed by atoms with Crippen molar-refractivity contribution >= 4 is 11.9 Å². The highest BCUT2D eigenvalue weighted by Crippen LogP contribution is 2.51. The Labute approximate surface area is 77.3 Å². The topological polar surface area (TPSA) is 66.4 Å². The maximum atomic E-state index is 11.4.